The van der Waals surface area contributed by atoms with Crippen LogP contribution in [0.4, 0.5) is 0 Å². The average molecular weight is 248 g/mol. The summed E-state index contributed by atoms with van der Waals surface area (Å²) < 4.78 is 20.0. The Hall–Kier alpha value is 0.733. The third-order valence-corrected chi connectivity index (χ3v) is 1.93. The van der Waals surface area contributed by atoms with E-state index in [0.717, 1.165) is 0 Å². The molecule has 1 N–H and O–H groups in total. The van der Waals surface area contributed by atoms with Crippen LogP contribution >= 0.6 is 7.82 Å². The minimum absolute atomic E-state index is 0. The van der Waals surface area contributed by atoms with Gasteiger partial charge < -0.3 is 4.89 Å². The Balaban J connectivity index is 0. The predicted octanol–water partition coefficient (Wildman–Crippen LogP) is 1.94. The molecule has 0 spiro atoms. The van der Waals surface area contributed by atoms with E-state index < -0.39 is 7.82 Å². The second-order valence-electron chi connectivity index (χ2n) is 2.14. The van der Waals surface area contributed by atoms with Crippen molar-refractivity contribution in [1.29, 1.82) is 0 Å². The van der Waals surface area contributed by atoms with Crippen LogP contribution in [-0.2, 0) is 33.1 Å². The fraction of sp³-hybridized carbons (Fsp3) is 1.00. The van der Waals surface area contributed by atoms with Crippen LogP contribution in [0, 0.1) is 0 Å². The van der Waals surface area contributed by atoms with Crippen molar-refractivity contribution in [3.05, 3.63) is 0 Å². The fourth-order valence-corrected chi connectivity index (χ4v) is 1.35. The van der Waals surface area contributed by atoms with Crippen molar-refractivity contribution in [3.8, 4) is 0 Å². The van der Waals surface area contributed by atoms with E-state index in [1.165, 1.54) is 0 Å². The first-order valence-corrected chi connectivity index (χ1v) is 5.23. The van der Waals surface area contributed by atoms with Crippen molar-refractivity contribution in [2.24, 2.45) is 0 Å². The van der Waals surface area contributed by atoms with Crippen molar-refractivity contribution in [2.45, 2.75) is 26.7 Å². The number of phosphoric acid groups is 1. The molecule has 0 saturated heterocycles. The largest absolute Gasteiger partial charge is 0.472 e. The summed E-state index contributed by atoms with van der Waals surface area (Å²) in [5, 5.41) is 0. The zero-order chi connectivity index (χ0) is 8.74. The molecule has 0 aliphatic rings. The number of hydrogen-bond acceptors (Lipinski definition) is 3. The molecule has 0 aromatic heterocycles. The molecule has 0 bridgehead atoms. The molecular formula is C6H15O4PZn. The van der Waals surface area contributed by atoms with Crippen molar-refractivity contribution in [2.75, 3.05) is 13.2 Å². The number of hydrogen-bond donors (Lipinski definition) is 1. The monoisotopic (exact) mass is 246 g/mol. The van der Waals surface area contributed by atoms with Crippen LogP contribution in [0.3, 0.4) is 0 Å². The molecule has 0 aromatic carbocycles. The third kappa shape index (κ3) is 8.83. The molecule has 0 rings (SSSR count). The molecule has 0 radical (unpaired) electrons. The molecule has 12 heavy (non-hydrogen) atoms. The Morgan fingerprint density at radius 1 is 1.17 bits per heavy atom. The van der Waals surface area contributed by atoms with Gasteiger partial charge in [-0.2, -0.15) is 0 Å². The van der Waals surface area contributed by atoms with Gasteiger partial charge in [-0.1, -0.05) is 13.8 Å². The Labute approximate surface area is 86.0 Å². The molecule has 0 heterocycles. The summed E-state index contributed by atoms with van der Waals surface area (Å²) in [4.78, 5) is 8.89. The van der Waals surface area contributed by atoms with E-state index in [-0.39, 0.29) is 32.7 Å². The molecule has 0 unspecified atom stereocenters. The van der Waals surface area contributed by atoms with E-state index in [1.54, 1.807) is 0 Å². The Kier molecular flexibility index (Phi) is 10.6. The van der Waals surface area contributed by atoms with Gasteiger partial charge in [-0.3, -0.25) is 9.05 Å². The summed E-state index contributed by atoms with van der Waals surface area (Å²) in [7, 11) is -3.73. The van der Waals surface area contributed by atoms with Gasteiger partial charge in [-0.15, -0.1) is 0 Å². The summed E-state index contributed by atoms with van der Waals surface area (Å²) in [5.41, 5.74) is 0. The molecule has 0 saturated carbocycles. The van der Waals surface area contributed by atoms with E-state index in [4.69, 9.17) is 4.89 Å². The van der Waals surface area contributed by atoms with E-state index >= 15 is 0 Å². The first-order chi connectivity index (χ1) is 5.12. The first-order valence-electron chi connectivity index (χ1n) is 3.74. The van der Waals surface area contributed by atoms with Gasteiger partial charge in [0.25, 0.3) is 0 Å². The van der Waals surface area contributed by atoms with Gasteiger partial charge in [0.05, 0.1) is 13.2 Å². The first kappa shape index (κ1) is 15.2. The van der Waals surface area contributed by atoms with Crippen molar-refractivity contribution < 1.29 is 38.0 Å². The van der Waals surface area contributed by atoms with Crippen LogP contribution in [0.1, 0.15) is 26.7 Å². The van der Waals surface area contributed by atoms with Gasteiger partial charge in [0.1, 0.15) is 0 Å². The van der Waals surface area contributed by atoms with Gasteiger partial charge in [0.15, 0.2) is 0 Å². The zero-order valence-electron chi connectivity index (χ0n) is 7.65. The Bertz CT molecular complexity index is 130. The van der Waals surface area contributed by atoms with Gasteiger partial charge >= 0.3 is 7.82 Å². The van der Waals surface area contributed by atoms with Gasteiger partial charge in [-0.25, -0.2) is 4.57 Å². The maximum absolute atomic E-state index is 10.8. The number of rotatable bonds is 6. The average Bonchev–Trinajstić information content (AvgIpc) is 1.97. The van der Waals surface area contributed by atoms with Gasteiger partial charge in [-0.05, 0) is 12.8 Å². The molecule has 0 aliphatic heterocycles. The molecular weight excluding hydrogens is 232 g/mol. The number of phosphoric ester groups is 1. The van der Waals surface area contributed by atoms with Gasteiger partial charge in [0.2, 0.25) is 0 Å². The maximum Gasteiger partial charge on any atom is 0.472 e. The standard InChI is InChI=1S/C6H15O4P.Zn/c1-3-5-9-11(7,8)10-6-4-2;/h3-6H2,1-2H3,(H,7,8);. The van der Waals surface area contributed by atoms with E-state index in [9.17, 15) is 4.57 Å². The summed E-state index contributed by atoms with van der Waals surface area (Å²) >= 11 is 0. The van der Waals surface area contributed by atoms with Crippen LogP contribution in [0.15, 0.2) is 0 Å². The predicted molar refractivity (Wildman–Crippen MR) is 42.3 cm³/mol. The molecule has 4 nitrogen and oxygen atoms in total. The van der Waals surface area contributed by atoms with Crippen LogP contribution in [0.2, 0.25) is 0 Å². The van der Waals surface area contributed by atoms with Gasteiger partial charge in [0, 0.05) is 19.5 Å². The van der Waals surface area contributed by atoms with Crippen molar-refractivity contribution in [3.63, 3.8) is 0 Å². The minimum Gasteiger partial charge on any atom is -0.302 e. The topological polar surface area (TPSA) is 55.8 Å². The maximum atomic E-state index is 10.8. The summed E-state index contributed by atoms with van der Waals surface area (Å²) in [5.74, 6) is 0. The molecule has 0 aliphatic carbocycles. The second kappa shape index (κ2) is 8.34. The molecule has 0 atom stereocenters. The van der Waals surface area contributed by atoms with E-state index in [2.05, 4.69) is 9.05 Å². The van der Waals surface area contributed by atoms with Crippen LogP contribution in [0.5, 0.6) is 0 Å². The minimum atomic E-state index is -3.73. The van der Waals surface area contributed by atoms with Crippen LogP contribution in [-0.4, -0.2) is 18.1 Å². The molecule has 0 fully saturated rings. The quantitative estimate of drug-likeness (QED) is 0.576. The SMILES string of the molecule is CCCOP(=O)(O)OCCC.[Zn]. The normalized spacial score (nSPS) is 10.9. The van der Waals surface area contributed by atoms with Crippen LogP contribution < -0.4 is 0 Å². The fourth-order valence-electron chi connectivity index (χ4n) is 0.451. The van der Waals surface area contributed by atoms with E-state index in [0.29, 0.717) is 12.8 Å². The molecule has 70 valence electrons. The Morgan fingerprint density at radius 2 is 1.50 bits per heavy atom. The summed E-state index contributed by atoms with van der Waals surface area (Å²) in [6.45, 7) is 4.24. The molecule has 6 heteroatoms. The zero-order valence-corrected chi connectivity index (χ0v) is 11.5. The molecule has 0 aromatic rings. The third-order valence-electron chi connectivity index (χ3n) is 0.917. The molecule has 0 amide bonds. The summed E-state index contributed by atoms with van der Waals surface area (Å²) in [6.07, 6.45) is 1.42. The van der Waals surface area contributed by atoms with E-state index in [1.807, 2.05) is 13.8 Å². The van der Waals surface area contributed by atoms with Crippen LogP contribution in [0.25, 0.3) is 0 Å². The van der Waals surface area contributed by atoms with Crippen molar-refractivity contribution in [1.82, 2.24) is 0 Å². The smallest absolute Gasteiger partial charge is 0.302 e. The second-order valence-corrected chi connectivity index (χ2v) is 3.59. The Morgan fingerprint density at radius 3 is 1.75 bits per heavy atom. The van der Waals surface area contributed by atoms with Crippen molar-refractivity contribution >= 4 is 7.82 Å². The summed E-state index contributed by atoms with van der Waals surface area (Å²) in [6, 6.07) is 0.